The van der Waals surface area contributed by atoms with Crippen molar-refractivity contribution in [1.82, 2.24) is 10.3 Å². The van der Waals surface area contributed by atoms with Crippen LogP contribution in [0.25, 0.3) is 17.0 Å². The fraction of sp³-hybridized carbons (Fsp3) is 0.200. The molecule has 3 N–H and O–H groups in total. The van der Waals surface area contributed by atoms with Gasteiger partial charge < -0.3 is 20.5 Å². The van der Waals surface area contributed by atoms with Gasteiger partial charge >= 0.3 is 0 Å². The minimum atomic E-state index is -0.215. The minimum Gasteiger partial charge on any atom is -0.490 e. The number of para-hydroxylation sites is 1. The molecule has 3 aromatic carbocycles. The van der Waals surface area contributed by atoms with Crippen LogP contribution in [0.15, 0.2) is 72.8 Å². The van der Waals surface area contributed by atoms with E-state index < -0.39 is 0 Å². The van der Waals surface area contributed by atoms with Crippen molar-refractivity contribution < 1.29 is 14.3 Å². The number of hydrogen-bond donors (Lipinski definition) is 2. The first-order valence-electron chi connectivity index (χ1n) is 12.3. The van der Waals surface area contributed by atoms with Crippen molar-refractivity contribution in [3.8, 4) is 11.5 Å². The molecule has 4 rings (SSSR count). The van der Waals surface area contributed by atoms with Crippen LogP contribution in [0.5, 0.6) is 11.5 Å². The van der Waals surface area contributed by atoms with Crippen molar-refractivity contribution in [1.29, 1.82) is 0 Å². The second-order valence-electron chi connectivity index (χ2n) is 8.83. The van der Waals surface area contributed by atoms with Crippen LogP contribution in [0.4, 0.5) is 5.69 Å². The normalized spacial score (nSPS) is 12.0. The number of carbonyl (C=O) groups is 1. The zero-order valence-corrected chi connectivity index (χ0v) is 22.7. The first-order valence-corrected chi connectivity index (χ1v) is 13.0. The predicted molar refractivity (Wildman–Crippen MR) is 155 cm³/mol. The fourth-order valence-electron chi connectivity index (χ4n) is 3.78. The lowest BCUT2D eigenvalue weighted by atomic mass is 10.2. The van der Waals surface area contributed by atoms with Gasteiger partial charge in [0.25, 0.3) is 0 Å². The van der Waals surface area contributed by atoms with Gasteiger partial charge in [0.1, 0.15) is 30.2 Å². The number of amides is 1. The highest BCUT2D eigenvalue weighted by Gasteiger charge is 2.16. The quantitative estimate of drug-likeness (QED) is 0.164. The second kappa shape index (κ2) is 12.7. The molecule has 1 amide bonds. The van der Waals surface area contributed by atoms with Crippen LogP contribution < -0.4 is 20.5 Å². The first-order chi connectivity index (χ1) is 18.3. The van der Waals surface area contributed by atoms with Crippen LogP contribution in [0, 0.1) is 6.92 Å². The highest BCUT2D eigenvalue weighted by molar-refractivity contribution is 6.36. The zero-order valence-electron chi connectivity index (χ0n) is 21.2. The smallest absolute Gasteiger partial charge is 0.244 e. The van der Waals surface area contributed by atoms with E-state index in [0.717, 1.165) is 22.2 Å². The molecule has 0 bridgehead atoms. The summed E-state index contributed by atoms with van der Waals surface area (Å²) in [4.78, 5) is 17.0. The minimum absolute atomic E-state index is 0.146. The van der Waals surface area contributed by atoms with Crippen LogP contribution in [-0.4, -0.2) is 23.5 Å². The number of ether oxygens (including phenoxy) is 2. The molecule has 1 heterocycles. The molecule has 1 atom stereocenters. The maximum absolute atomic E-state index is 12.4. The van der Waals surface area contributed by atoms with E-state index in [2.05, 4.69) is 10.3 Å². The predicted octanol–water partition coefficient (Wildman–Crippen LogP) is 7.00. The van der Waals surface area contributed by atoms with Gasteiger partial charge in [0.2, 0.25) is 5.91 Å². The van der Waals surface area contributed by atoms with E-state index in [4.69, 9.17) is 38.4 Å². The monoisotopic (exact) mass is 549 g/mol. The average Bonchev–Trinajstić information content (AvgIpc) is 2.91. The fourth-order valence-corrected chi connectivity index (χ4v) is 4.32. The number of fused-ring (bicyclic) bond motifs is 1. The number of rotatable bonds is 10. The number of hydrogen-bond acceptors (Lipinski definition) is 5. The summed E-state index contributed by atoms with van der Waals surface area (Å²) in [5.74, 6) is 0.893. The Hall–Kier alpha value is -3.74. The molecule has 0 saturated carbocycles. The number of aromatic nitrogens is 1. The summed E-state index contributed by atoms with van der Waals surface area (Å²) in [6.07, 6.45) is 3.90. The number of benzene rings is 3. The Morgan fingerprint density at radius 2 is 1.82 bits per heavy atom. The van der Waals surface area contributed by atoms with Gasteiger partial charge in [-0.05, 0) is 61.4 Å². The van der Waals surface area contributed by atoms with E-state index in [1.54, 1.807) is 30.3 Å². The number of halogens is 2. The highest BCUT2D eigenvalue weighted by atomic mass is 35.5. The molecule has 1 aromatic heterocycles. The average molecular weight is 550 g/mol. The number of carbonyl (C=O) groups excluding carboxylic acids is 1. The van der Waals surface area contributed by atoms with Gasteiger partial charge in [-0.25, -0.2) is 4.98 Å². The molecular weight excluding hydrogens is 521 g/mol. The summed E-state index contributed by atoms with van der Waals surface area (Å²) in [5, 5.41) is 4.78. The number of nitrogens with zero attached hydrogens (tertiary/aromatic N) is 1. The van der Waals surface area contributed by atoms with E-state index in [1.165, 1.54) is 6.08 Å². The van der Waals surface area contributed by atoms with Gasteiger partial charge in [0.05, 0.1) is 11.1 Å². The lowest BCUT2D eigenvalue weighted by Crippen LogP contribution is -2.37. The van der Waals surface area contributed by atoms with Gasteiger partial charge in [0.15, 0.2) is 0 Å². The van der Waals surface area contributed by atoms with Crippen LogP contribution >= 0.6 is 23.2 Å². The Bertz CT molecular complexity index is 1460. The summed E-state index contributed by atoms with van der Waals surface area (Å²) in [5.41, 5.74) is 9.55. The Balaban J connectivity index is 1.39. The second-order valence-corrected chi connectivity index (χ2v) is 9.62. The number of pyridine rings is 1. The first kappa shape index (κ1) is 27.3. The van der Waals surface area contributed by atoms with E-state index in [9.17, 15) is 4.79 Å². The van der Waals surface area contributed by atoms with Gasteiger partial charge in [-0.3, -0.25) is 4.79 Å². The number of nitrogen functional groups attached to an aromatic ring is 1. The third-order valence-corrected chi connectivity index (χ3v) is 6.76. The third-order valence-electron chi connectivity index (χ3n) is 5.99. The molecule has 1 unspecified atom stereocenters. The molecule has 38 heavy (non-hydrogen) atoms. The standard InChI is InChI=1S/C30H29Cl2N3O3/c1-3-23(35-28(36)16-10-20-8-12-22(33)13-9-20)17-37-26-15-14-25(31)24(29(26)32)18-38-27-6-4-5-21-11-7-19(2)34-30(21)27/h4-16,23H,3,17-18,33H2,1-2H3,(H,35,36). The number of nitrogens with one attached hydrogen (secondary N) is 1. The van der Waals surface area contributed by atoms with Crippen molar-refractivity contribution >= 4 is 51.8 Å². The Kier molecular flexibility index (Phi) is 9.10. The molecule has 0 fully saturated rings. The Morgan fingerprint density at radius 1 is 1.03 bits per heavy atom. The Labute approximate surface area is 232 Å². The molecule has 6 nitrogen and oxygen atoms in total. The van der Waals surface area contributed by atoms with Gasteiger partial charge in [0, 0.05) is 33.4 Å². The van der Waals surface area contributed by atoms with E-state index in [1.807, 2.05) is 56.3 Å². The highest BCUT2D eigenvalue weighted by Crippen LogP contribution is 2.35. The summed E-state index contributed by atoms with van der Waals surface area (Å²) < 4.78 is 12.1. The number of aryl methyl sites for hydroxylation is 1. The summed E-state index contributed by atoms with van der Waals surface area (Å²) in [6.45, 7) is 4.30. The Morgan fingerprint density at radius 3 is 2.58 bits per heavy atom. The van der Waals surface area contributed by atoms with Crippen LogP contribution in [-0.2, 0) is 11.4 Å². The SMILES string of the molecule is CCC(COc1ccc(Cl)c(COc2cccc3ccc(C)nc23)c1Cl)NC(=O)C=Cc1ccc(N)cc1. The van der Waals surface area contributed by atoms with Crippen LogP contribution in [0.3, 0.4) is 0 Å². The summed E-state index contributed by atoms with van der Waals surface area (Å²) in [7, 11) is 0. The van der Waals surface area contributed by atoms with Gasteiger partial charge in [-0.2, -0.15) is 0 Å². The molecule has 0 aliphatic rings. The van der Waals surface area contributed by atoms with Crippen LogP contribution in [0.1, 0.15) is 30.2 Å². The molecule has 8 heteroatoms. The summed E-state index contributed by atoms with van der Waals surface area (Å²) >= 11 is 13.1. The number of nitrogens with two attached hydrogens (primary N) is 1. The lowest BCUT2D eigenvalue weighted by molar-refractivity contribution is -0.117. The van der Waals surface area contributed by atoms with Crippen molar-refractivity contribution in [3.05, 3.63) is 99.7 Å². The third kappa shape index (κ3) is 6.97. The van der Waals surface area contributed by atoms with Crippen LogP contribution in [0.2, 0.25) is 10.0 Å². The van der Waals surface area contributed by atoms with Crippen molar-refractivity contribution in [2.24, 2.45) is 0 Å². The van der Waals surface area contributed by atoms with E-state index >= 15 is 0 Å². The molecule has 0 aliphatic heterocycles. The van der Waals surface area contributed by atoms with Gasteiger partial charge in [-0.1, -0.05) is 60.5 Å². The zero-order chi connectivity index (χ0) is 27.1. The summed E-state index contributed by atoms with van der Waals surface area (Å²) in [6, 6.07) is 20.2. The largest absolute Gasteiger partial charge is 0.490 e. The lowest BCUT2D eigenvalue weighted by Gasteiger charge is -2.19. The molecule has 0 aliphatic carbocycles. The van der Waals surface area contributed by atoms with E-state index in [-0.39, 0.29) is 25.2 Å². The molecular formula is C30H29Cl2N3O3. The molecule has 4 aromatic rings. The van der Waals surface area contributed by atoms with Gasteiger partial charge in [-0.15, -0.1) is 0 Å². The van der Waals surface area contributed by atoms with Crippen molar-refractivity contribution in [3.63, 3.8) is 0 Å². The maximum Gasteiger partial charge on any atom is 0.244 e. The van der Waals surface area contributed by atoms with Crippen molar-refractivity contribution in [2.75, 3.05) is 12.3 Å². The maximum atomic E-state index is 12.4. The molecule has 196 valence electrons. The topological polar surface area (TPSA) is 86.5 Å². The van der Waals surface area contributed by atoms with E-state index in [0.29, 0.717) is 39.2 Å². The molecule has 0 spiro atoms. The van der Waals surface area contributed by atoms with Crippen molar-refractivity contribution in [2.45, 2.75) is 32.9 Å². The molecule has 0 saturated heterocycles. The molecule has 0 radical (unpaired) electrons. The number of anilines is 1.